The fraction of sp³-hybridized carbons (Fsp3) is 0.100. The van der Waals surface area contributed by atoms with Gasteiger partial charge in [0.25, 0.3) is 0 Å². The predicted octanol–water partition coefficient (Wildman–Crippen LogP) is 3.02. The number of amides is 2. The number of sulfonamides is 1. The third-order valence-corrected chi connectivity index (χ3v) is 5.40. The Morgan fingerprint density at radius 1 is 0.931 bits per heavy atom. The van der Waals surface area contributed by atoms with Gasteiger partial charge < -0.3 is 10.6 Å². The first kappa shape index (κ1) is 20.4. The first-order valence-corrected chi connectivity index (χ1v) is 10.2. The van der Waals surface area contributed by atoms with Crippen molar-refractivity contribution < 1.29 is 17.6 Å². The van der Waals surface area contributed by atoms with Crippen molar-refractivity contribution in [1.29, 1.82) is 0 Å². The highest BCUT2D eigenvalue weighted by atomic mass is 32.2. The molecule has 0 fully saturated rings. The Morgan fingerprint density at radius 3 is 2.34 bits per heavy atom. The highest BCUT2D eigenvalue weighted by Crippen LogP contribution is 2.15. The van der Waals surface area contributed by atoms with E-state index in [2.05, 4.69) is 20.3 Å². The van der Waals surface area contributed by atoms with Crippen LogP contribution in [0.4, 0.5) is 14.9 Å². The average molecular weight is 414 g/mol. The summed E-state index contributed by atoms with van der Waals surface area (Å²) in [5.41, 5.74) is 1.86. The second-order valence-electron chi connectivity index (χ2n) is 6.14. The van der Waals surface area contributed by atoms with Crippen LogP contribution in [0, 0.1) is 5.82 Å². The minimum atomic E-state index is -3.77. The van der Waals surface area contributed by atoms with Crippen molar-refractivity contribution in [3.8, 4) is 0 Å². The van der Waals surface area contributed by atoms with Crippen LogP contribution < -0.4 is 15.4 Å². The normalized spacial score (nSPS) is 11.1. The standard InChI is InChI=1S/C20H19FN4O3S/c21-17-3-1-2-16(12-17)14-24-29(27,28)19-6-4-18(5-7-19)25-20(26)23-13-15-8-10-22-11-9-15/h1-12,24H,13-14H2,(H2,23,25,26). The molecule has 150 valence electrons. The monoisotopic (exact) mass is 414 g/mol. The summed E-state index contributed by atoms with van der Waals surface area (Å²) in [4.78, 5) is 15.9. The van der Waals surface area contributed by atoms with Gasteiger partial charge in [0, 0.05) is 31.2 Å². The van der Waals surface area contributed by atoms with Crippen LogP contribution in [0.1, 0.15) is 11.1 Å². The lowest BCUT2D eigenvalue weighted by molar-refractivity contribution is 0.251. The highest BCUT2D eigenvalue weighted by Gasteiger charge is 2.14. The maximum absolute atomic E-state index is 13.2. The van der Waals surface area contributed by atoms with E-state index in [0.717, 1.165) is 5.56 Å². The van der Waals surface area contributed by atoms with Gasteiger partial charge in [-0.15, -0.1) is 0 Å². The molecule has 1 aromatic heterocycles. The number of aromatic nitrogens is 1. The molecular formula is C20H19FN4O3S. The molecule has 9 heteroatoms. The van der Waals surface area contributed by atoms with Crippen molar-refractivity contribution in [2.75, 3.05) is 5.32 Å². The average Bonchev–Trinajstić information content (AvgIpc) is 2.72. The van der Waals surface area contributed by atoms with Crippen molar-refractivity contribution in [2.45, 2.75) is 18.0 Å². The largest absolute Gasteiger partial charge is 0.334 e. The van der Waals surface area contributed by atoms with Crippen LogP contribution >= 0.6 is 0 Å². The summed E-state index contributed by atoms with van der Waals surface area (Å²) in [7, 11) is -3.77. The molecule has 0 aliphatic heterocycles. The van der Waals surface area contributed by atoms with Crippen molar-refractivity contribution in [3.05, 3.63) is 90.0 Å². The van der Waals surface area contributed by atoms with Crippen LogP contribution in [0.25, 0.3) is 0 Å². The molecule has 2 aromatic carbocycles. The maximum Gasteiger partial charge on any atom is 0.319 e. The van der Waals surface area contributed by atoms with E-state index in [1.165, 1.54) is 42.5 Å². The van der Waals surface area contributed by atoms with Gasteiger partial charge in [-0.1, -0.05) is 12.1 Å². The Hall–Kier alpha value is -3.30. The molecule has 1 heterocycles. The maximum atomic E-state index is 13.2. The zero-order valence-electron chi connectivity index (χ0n) is 15.3. The van der Waals surface area contributed by atoms with E-state index in [1.807, 2.05) is 0 Å². The van der Waals surface area contributed by atoms with E-state index >= 15 is 0 Å². The summed E-state index contributed by atoms with van der Waals surface area (Å²) in [5, 5.41) is 5.33. The Morgan fingerprint density at radius 2 is 1.66 bits per heavy atom. The topological polar surface area (TPSA) is 100 Å². The van der Waals surface area contributed by atoms with Gasteiger partial charge in [-0.2, -0.15) is 0 Å². The van der Waals surface area contributed by atoms with Gasteiger partial charge in [0.15, 0.2) is 0 Å². The van der Waals surface area contributed by atoms with E-state index < -0.39 is 21.9 Å². The lowest BCUT2D eigenvalue weighted by Crippen LogP contribution is -2.28. The van der Waals surface area contributed by atoms with E-state index in [-0.39, 0.29) is 11.4 Å². The van der Waals surface area contributed by atoms with Crippen molar-refractivity contribution in [1.82, 2.24) is 15.0 Å². The van der Waals surface area contributed by atoms with Gasteiger partial charge in [0.2, 0.25) is 10.0 Å². The fourth-order valence-electron chi connectivity index (χ4n) is 2.48. The lowest BCUT2D eigenvalue weighted by atomic mass is 10.2. The number of anilines is 1. The molecule has 0 atom stereocenters. The third-order valence-electron chi connectivity index (χ3n) is 3.98. The number of nitrogens with zero attached hydrogens (tertiary/aromatic N) is 1. The molecule has 0 aliphatic rings. The summed E-state index contributed by atoms with van der Waals surface area (Å²) >= 11 is 0. The number of benzene rings is 2. The zero-order valence-corrected chi connectivity index (χ0v) is 16.1. The van der Waals surface area contributed by atoms with E-state index in [4.69, 9.17) is 0 Å². The molecule has 3 N–H and O–H groups in total. The van der Waals surface area contributed by atoms with Gasteiger partial charge in [-0.3, -0.25) is 4.98 Å². The number of rotatable bonds is 7. The summed E-state index contributed by atoms with van der Waals surface area (Å²) in [6.07, 6.45) is 3.27. The Kier molecular flexibility index (Phi) is 6.53. The van der Waals surface area contributed by atoms with Gasteiger partial charge in [0.1, 0.15) is 5.82 Å². The van der Waals surface area contributed by atoms with Gasteiger partial charge in [0.05, 0.1) is 4.90 Å². The number of hydrogen-bond acceptors (Lipinski definition) is 4. The molecule has 0 unspecified atom stereocenters. The first-order chi connectivity index (χ1) is 13.9. The van der Waals surface area contributed by atoms with Crippen LogP contribution in [0.5, 0.6) is 0 Å². The molecule has 0 saturated heterocycles. The smallest absolute Gasteiger partial charge is 0.319 e. The minimum absolute atomic E-state index is 0.0303. The van der Waals surface area contributed by atoms with Gasteiger partial charge in [-0.25, -0.2) is 22.3 Å². The number of carbonyl (C=O) groups excluding carboxylic acids is 1. The molecule has 7 nitrogen and oxygen atoms in total. The van der Waals surface area contributed by atoms with Gasteiger partial charge in [-0.05, 0) is 59.7 Å². The van der Waals surface area contributed by atoms with E-state index in [0.29, 0.717) is 17.8 Å². The molecule has 0 radical (unpaired) electrons. The number of pyridine rings is 1. The third kappa shape index (κ3) is 6.09. The van der Waals surface area contributed by atoms with Crippen LogP contribution in [0.15, 0.2) is 78.0 Å². The van der Waals surface area contributed by atoms with Crippen molar-refractivity contribution >= 4 is 21.7 Å². The molecule has 29 heavy (non-hydrogen) atoms. The summed E-state index contributed by atoms with van der Waals surface area (Å²) in [5.74, 6) is -0.431. The lowest BCUT2D eigenvalue weighted by Gasteiger charge is -2.10. The summed E-state index contributed by atoms with van der Waals surface area (Å²) in [6.45, 7) is 0.308. The van der Waals surface area contributed by atoms with Gasteiger partial charge >= 0.3 is 6.03 Å². The summed E-state index contributed by atoms with van der Waals surface area (Å²) < 4.78 is 40.4. The van der Waals surface area contributed by atoms with Crippen LogP contribution in [-0.4, -0.2) is 19.4 Å². The Bertz CT molecular complexity index is 1070. The van der Waals surface area contributed by atoms with E-state index in [1.54, 1.807) is 30.6 Å². The predicted molar refractivity (Wildman–Crippen MR) is 107 cm³/mol. The number of halogens is 1. The number of hydrogen-bond donors (Lipinski definition) is 3. The van der Waals surface area contributed by atoms with Crippen molar-refractivity contribution in [2.24, 2.45) is 0 Å². The molecule has 0 saturated carbocycles. The first-order valence-electron chi connectivity index (χ1n) is 8.70. The summed E-state index contributed by atoms with van der Waals surface area (Å²) in [6, 6.07) is 14.6. The Labute approximate surface area is 168 Å². The minimum Gasteiger partial charge on any atom is -0.334 e. The number of carbonyl (C=O) groups is 1. The van der Waals surface area contributed by atoms with E-state index in [9.17, 15) is 17.6 Å². The number of nitrogens with one attached hydrogen (secondary N) is 3. The second-order valence-corrected chi connectivity index (χ2v) is 7.91. The molecule has 2 amide bonds. The zero-order chi connectivity index (χ0) is 20.7. The molecule has 0 bridgehead atoms. The highest BCUT2D eigenvalue weighted by molar-refractivity contribution is 7.89. The van der Waals surface area contributed by atoms with Crippen LogP contribution in [0.3, 0.4) is 0 Å². The number of urea groups is 1. The van der Waals surface area contributed by atoms with Crippen molar-refractivity contribution in [3.63, 3.8) is 0 Å². The molecular weight excluding hydrogens is 395 g/mol. The molecule has 3 rings (SSSR count). The second kappa shape index (κ2) is 9.26. The van der Waals surface area contributed by atoms with Crippen LogP contribution in [0.2, 0.25) is 0 Å². The SMILES string of the molecule is O=C(NCc1ccncc1)Nc1ccc(S(=O)(=O)NCc2cccc(F)c2)cc1. The fourth-order valence-corrected chi connectivity index (χ4v) is 3.50. The van der Waals surface area contributed by atoms with Crippen LogP contribution in [-0.2, 0) is 23.1 Å². The molecule has 0 aliphatic carbocycles. The Balaban J connectivity index is 1.55. The molecule has 0 spiro atoms. The molecule has 3 aromatic rings. The quantitative estimate of drug-likeness (QED) is 0.553.